The average Bonchev–Trinajstić information content (AvgIpc) is 2.75. The van der Waals surface area contributed by atoms with E-state index in [0.717, 1.165) is 22.8 Å². The lowest BCUT2D eigenvalue weighted by Crippen LogP contribution is -3.00. The molecule has 1 aliphatic carbocycles. The molecule has 2 aromatic carbocycles. The van der Waals surface area contributed by atoms with Gasteiger partial charge < -0.3 is 26.9 Å². The number of hydrogen-bond acceptors (Lipinski definition) is 2. The zero-order valence-electron chi connectivity index (χ0n) is 18.2. The third-order valence-corrected chi connectivity index (χ3v) is 6.34. The number of quaternary nitrogens is 1. The van der Waals surface area contributed by atoms with Crippen LogP contribution in [0, 0.1) is 5.82 Å². The molecule has 4 nitrogen and oxygen atoms in total. The molecule has 1 amide bonds. The lowest BCUT2D eigenvalue weighted by Gasteiger charge is -2.40. The summed E-state index contributed by atoms with van der Waals surface area (Å²) in [6.07, 6.45) is 8.36. The molecule has 0 unspecified atom stereocenters. The van der Waals surface area contributed by atoms with Crippen molar-refractivity contribution in [3.05, 3.63) is 65.0 Å². The van der Waals surface area contributed by atoms with Gasteiger partial charge in [0.2, 0.25) is 0 Å². The van der Waals surface area contributed by atoms with Crippen molar-refractivity contribution in [1.82, 2.24) is 0 Å². The fourth-order valence-corrected chi connectivity index (χ4v) is 4.56. The van der Waals surface area contributed by atoms with Crippen molar-refractivity contribution in [2.75, 3.05) is 26.0 Å². The van der Waals surface area contributed by atoms with Crippen LogP contribution in [0.4, 0.5) is 10.1 Å². The summed E-state index contributed by atoms with van der Waals surface area (Å²) in [5.41, 5.74) is 3.09. The Balaban J connectivity index is 0.00000272. The molecule has 2 aliphatic rings. The Morgan fingerprint density at radius 3 is 2.52 bits per heavy atom. The van der Waals surface area contributed by atoms with E-state index in [9.17, 15) is 9.18 Å². The molecule has 1 heterocycles. The van der Waals surface area contributed by atoms with E-state index < -0.39 is 0 Å². The molecule has 0 aromatic heterocycles. The van der Waals surface area contributed by atoms with Crippen molar-refractivity contribution in [2.24, 2.45) is 0 Å². The van der Waals surface area contributed by atoms with E-state index in [1.54, 1.807) is 12.1 Å². The predicted molar refractivity (Wildman–Crippen MR) is 118 cm³/mol. The zero-order chi connectivity index (χ0) is 21.1. The van der Waals surface area contributed by atoms with Crippen molar-refractivity contribution in [1.29, 1.82) is 0 Å². The SMILES string of the molecule is C[N+](C)(Cc1ccc(NC(=O)C2=Cc3cc(F)ccc3OC2)cc1)C1CCCCC1.[Cl-]. The second-order valence-electron chi connectivity index (χ2n) is 9.02. The number of carbonyl (C=O) groups is 1. The first-order chi connectivity index (χ1) is 14.4. The second-order valence-corrected chi connectivity index (χ2v) is 9.02. The maximum atomic E-state index is 13.5. The van der Waals surface area contributed by atoms with Gasteiger partial charge in [0.15, 0.2) is 0 Å². The van der Waals surface area contributed by atoms with Crippen LogP contribution in [0.25, 0.3) is 6.08 Å². The van der Waals surface area contributed by atoms with E-state index >= 15 is 0 Å². The summed E-state index contributed by atoms with van der Waals surface area (Å²) in [6.45, 7) is 1.16. The highest BCUT2D eigenvalue weighted by molar-refractivity contribution is 6.07. The van der Waals surface area contributed by atoms with Crippen molar-refractivity contribution >= 4 is 17.7 Å². The topological polar surface area (TPSA) is 38.3 Å². The maximum absolute atomic E-state index is 13.5. The van der Waals surface area contributed by atoms with Gasteiger partial charge in [-0.1, -0.05) is 18.6 Å². The van der Waals surface area contributed by atoms with Gasteiger partial charge in [-0.15, -0.1) is 0 Å². The number of carbonyl (C=O) groups excluding carboxylic acids is 1. The van der Waals surface area contributed by atoms with Crippen molar-refractivity contribution in [3.63, 3.8) is 0 Å². The number of fused-ring (bicyclic) bond motifs is 1. The molecular weight excluding hydrogens is 415 g/mol. The van der Waals surface area contributed by atoms with Crippen LogP contribution in [0.1, 0.15) is 43.2 Å². The Morgan fingerprint density at radius 2 is 1.81 bits per heavy atom. The van der Waals surface area contributed by atoms with Gasteiger partial charge in [0.1, 0.15) is 24.7 Å². The first kappa shape index (κ1) is 23.3. The van der Waals surface area contributed by atoms with Crippen molar-refractivity contribution in [2.45, 2.75) is 44.7 Å². The minimum absolute atomic E-state index is 0. The lowest BCUT2D eigenvalue weighted by atomic mass is 9.92. The fraction of sp³-hybridized carbons (Fsp3) is 0.400. The molecule has 2 aromatic rings. The van der Waals surface area contributed by atoms with Gasteiger partial charge >= 0.3 is 0 Å². The highest BCUT2D eigenvalue weighted by Crippen LogP contribution is 2.29. The molecular formula is C25H30ClFN2O2. The van der Waals surface area contributed by atoms with Gasteiger partial charge in [0.05, 0.1) is 25.7 Å². The molecule has 1 saturated carbocycles. The molecule has 1 aliphatic heterocycles. The number of hydrogen-bond donors (Lipinski definition) is 1. The predicted octanol–water partition coefficient (Wildman–Crippen LogP) is 2.15. The van der Waals surface area contributed by atoms with Crippen LogP contribution in [-0.2, 0) is 11.3 Å². The molecule has 4 rings (SSSR count). The molecule has 0 spiro atoms. The summed E-state index contributed by atoms with van der Waals surface area (Å²) < 4.78 is 20.0. The summed E-state index contributed by atoms with van der Waals surface area (Å²) in [7, 11) is 4.64. The number of anilines is 1. The Bertz CT molecular complexity index is 950. The van der Waals surface area contributed by atoms with Crippen molar-refractivity contribution in [3.8, 4) is 5.75 Å². The Morgan fingerprint density at radius 1 is 1.10 bits per heavy atom. The molecule has 0 atom stereocenters. The van der Waals surface area contributed by atoms with Gasteiger partial charge in [-0.05, 0) is 62.1 Å². The summed E-state index contributed by atoms with van der Waals surface area (Å²) in [6, 6.07) is 13.1. The molecule has 0 saturated heterocycles. The molecule has 31 heavy (non-hydrogen) atoms. The number of halogens is 2. The van der Waals surface area contributed by atoms with Crippen LogP contribution in [-0.4, -0.2) is 37.1 Å². The fourth-order valence-electron chi connectivity index (χ4n) is 4.56. The van der Waals surface area contributed by atoms with Crippen LogP contribution >= 0.6 is 0 Å². The number of benzene rings is 2. The Labute approximate surface area is 190 Å². The van der Waals surface area contributed by atoms with E-state index in [2.05, 4.69) is 31.5 Å². The highest BCUT2D eigenvalue weighted by Gasteiger charge is 2.29. The van der Waals surface area contributed by atoms with Crippen LogP contribution in [0.2, 0.25) is 0 Å². The average molecular weight is 445 g/mol. The van der Waals surface area contributed by atoms with Crippen LogP contribution < -0.4 is 22.5 Å². The lowest BCUT2D eigenvalue weighted by molar-refractivity contribution is -0.929. The number of ether oxygens (including phenoxy) is 1. The molecule has 1 N–H and O–H groups in total. The summed E-state index contributed by atoms with van der Waals surface area (Å²) in [5, 5.41) is 2.92. The van der Waals surface area contributed by atoms with E-state index in [1.807, 2.05) is 12.1 Å². The molecule has 0 radical (unpaired) electrons. The van der Waals surface area contributed by atoms with Crippen LogP contribution in [0.3, 0.4) is 0 Å². The van der Waals surface area contributed by atoms with E-state index in [-0.39, 0.29) is 30.7 Å². The minimum Gasteiger partial charge on any atom is -1.00 e. The van der Waals surface area contributed by atoms with Crippen molar-refractivity contribution < 1.29 is 30.8 Å². The van der Waals surface area contributed by atoms with Gasteiger partial charge in [-0.3, -0.25) is 4.79 Å². The number of rotatable bonds is 5. The van der Waals surface area contributed by atoms with Crippen LogP contribution in [0.5, 0.6) is 5.75 Å². The summed E-state index contributed by atoms with van der Waals surface area (Å²) >= 11 is 0. The molecule has 0 bridgehead atoms. The van der Waals surface area contributed by atoms with E-state index in [1.165, 1.54) is 49.8 Å². The second kappa shape index (κ2) is 9.84. The smallest absolute Gasteiger partial charge is 0.255 e. The van der Waals surface area contributed by atoms with Gasteiger partial charge in [0, 0.05) is 16.8 Å². The third-order valence-electron chi connectivity index (χ3n) is 6.34. The van der Waals surface area contributed by atoms with Gasteiger partial charge in [-0.25, -0.2) is 4.39 Å². The van der Waals surface area contributed by atoms with Gasteiger partial charge in [0.25, 0.3) is 5.91 Å². The Kier molecular flexibility index (Phi) is 7.39. The standard InChI is InChI=1S/C25H29FN2O2.ClH/c1-28(2,23-6-4-3-5-7-23)16-18-8-11-22(12-9-18)27-25(29)20-14-19-15-21(26)10-13-24(19)30-17-20;/h8-15,23H,3-7,16-17H2,1-2H3;1H. The highest BCUT2D eigenvalue weighted by atomic mass is 35.5. The first-order valence-corrected chi connectivity index (χ1v) is 10.8. The molecule has 1 fully saturated rings. The van der Waals surface area contributed by atoms with E-state index in [4.69, 9.17) is 4.74 Å². The first-order valence-electron chi connectivity index (χ1n) is 10.8. The van der Waals surface area contributed by atoms with E-state index in [0.29, 0.717) is 16.9 Å². The molecule has 6 heteroatoms. The number of amides is 1. The zero-order valence-corrected chi connectivity index (χ0v) is 18.9. The largest absolute Gasteiger partial charge is 1.00 e. The molecule has 166 valence electrons. The Hall–Kier alpha value is -2.37. The quantitative estimate of drug-likeness (QED) is 0.718. The summed E-state index contributed by atoms with van der Waals surface area (Å²) in [5.74, 6) is 0.0207. The maximum Gasteiger partial charge on any atom is 0.255 e. The van der Waals surface area contributed by atoms with Gasteiger partial charge in [-0.2, -0.15) is 0 Å². The normalized spacial score (nSPS) is 16.4. The van der Waals surface area contributed by atoms with Crippen LogP contribution in [0.15, 0.2) is 48.0 Å². The monoisotopic (exact) mass is 444 g/mol. The number of nitrogens with zero attached hydrogens (tertiary/aromatic N) is 1. The third kappa shape index (κ3) is 5.66. The number of nitrogens with one attached hydrogen (secondary N) is 1. The minimum atomic E-state index is -0.347. The summed E-state index contributed by atoms with van der Waals surface area (Å²) in [4.78, 5) is 12.6.